The van der Waals surface area contributed by atoms with Crippen molar-refractivity contribution in [3.05, 3.63) is 65.3 Å². The molecule has 0 aliphatic carbocycles. The number of rotatable bonds is 4. The minimum absolute atomic E-state index is 0.122. The first kappa shape index (κ1) is 16.5. The lowest BCUT2D eigenvalue weighted by Gasteiger charge is -2.18. The first-order valence-corrected chi connectivity index (χ1v) is 7.41. The average Bonchev–Trinajstić information content (AvgIpc) is 2.36. The number of hydrogen-bond donors (Lipinski definition) is 0. The third-order valence-corrected chi connectivity index (χ3v) is 3.69. The first-order valence-electron chi connectivity index (χ1n) is 7.41. The van der Waals surface area contributed by atoms with Crippen LogP contribution in [0.25, 0.3) is 5.57 Å². The van der Waals surface area contributed by atoms with Gasteiger partial charge in [0.2, 0.25) is 0 Å². The fourth-order valence-corrected chi connectivity index (χ4v) is 1.86. The van der Waals surface area contributed by atoms with Gasteiger partial charge in [0.1, 0.15) is 0 Å². The van der Waals surface area contributed by atoms with E-state index in [1.54, 1.807) is 0 Å². The summed E-state index contributed by atoms with van der Waals surface area (Å²) >= 11 is 0. The third-order valence-electron chi connectivity index (χ3n) is 3.69. The van der Waals surface area contributed by atoms with Crippen molar-refractivity contribution in [3.8, 4) is 0 Å². The van der Waals surface area contributed by atoms with Crippen molar-refractivity contribution in [1.82, 2.24) is 0 Å². The van der Waals surface area contributed by atoms with Gasteiger partial charge in [0.05, 0.1) is 0 Å². The van der Waals surface area contributed by atoms with E-state index in [-0.39, 0.29) is 5.41 Å². The first-order chi connectivity index (χ1) is 9.25. The molecule has 1 aromatic carbocycles. The molecule has 0 radical (unpaired) electrons. The van der Waals surface area contributed by atoms with Crippen LogP contribution in [-0.4, -0.2) is 0 Å². The molecule has 0 aromatic heterocycles. The van der Waals surface area contributed by atoms with Crippen molar-refractivity contribution in [2.75, 3.05) is 0 Å². The maximum Gasteiger partial charge on any atom is -0.0138 e. The molecule has 0 heteroatoms. The third kappa shape index (κ3) is 4.52. The van der Waals surface area contributed by atoms with Crippen LogP contribution in [0, 0.1) is 19.3 Å². The van der Waals surface area contributed by atoms with Crippen molar-refractivity contribution in [3.63, 3.8) is 0 Å². The van der Waals surface area contributed by atoms with Crippen molar-refractivity contribution in [1.29, 1.82) is 0 Å². The van der Waals surface area contributed by atoms with Crippen molar-refractivity contribution >= 4 is 5.57 Å². The molecule has 0 unspecified atom stereocenters. The normalized spacial score (nSPS) is 13.0. The van der Waals surface area contributed by atoms with Crippen molar-refractivity contribution < 1.29 is 0 Å². The van der Waals surface area contributed by atoms with Gasteiger partial charge in [-0.1, -0.05) is 70.7 Å². The van der Waals surface area contributed by atoms with Gasteiger partial charge in [-0.3, -0.25) is 0 Å². The molecule has 0 fully saturated rings. The lowest BCUT2D eigenvalue weighted by atomic mass is 9.87. The van der Waals surface area contributed by atoms with E-state index < -0.39 is 0 Å². The Bertz CT molecular complexity index is 534. The highest BCUT2D eigenvalue weighted by molar-refractivity contribution is 5.75. The molecule has 0 atom stereocenters. The number of benzene rings is 1. The zero-order chi connectivity index (χ0) is 15.3. The van der Waals surface area contributed by atoms with Gasteiger partial charge < -0.3 is 0 Å². The van der Waals surface area contributed by atoms with Crippen LogP contribution in [0.1, 0.15) is 50.8 Å². The predicted molar refractivity (Wildman–Crippen MR) is 91.9 cm³/mol. The second-order valence-electron chi connectivity index (χ2n) is 6.48. The van der Waals surface area contributed by atoms with Gasteiger partial charge in [0.15, 0.2) is 0 Å². The quantitative estimate of drug-likeness (QED) is 0.566. The monoisotopic (exact) mass is 268 g/mol. The van der Waals surface area contributed by atoms with E-state index in [1.807, 2.05) is 0 Å². The zero-order valence-electron chi connectivity index (χ0n) is 13.9. The molecule has 0 bridgehead atoms. The molecule has 108 valence electrons. The molecule has 0 amide bonds. The summed E-state index contributed by atoms with van der Waals surface area (Å²) in [7, 11) is 0. The topological polar surface area (TPSA) is 0 Å². The van der Waals surface area contributed by atoms with E-state index in [9.17, 15) is 0 Å². The van der Waals surface area contributed by atoms with Gasteiger partial charge in [0, 0.05) is 0 Å². The van der Waals surface area contributed by atoms with E-state index >= 15 is 0 Å². The molecule has 0 saturated heterocycles. The molecule has 0 N–H and O–H groups in total. The Morgan fingerprint density at radius 2 is 1.75 bits per heavy atom. The van der Waals surface area contributed by atoms with Crippen molar-refractivity contribution in [2.24, 2.45) is 5.41 Å². The molecule has 1 aromatic rings. The van der Waals surface area contributed by atoms with Crippen LogP contribution in [0.5, 0.6) is 0 Å². The molecule has 0 aliphatic rings. The van der Waals surface area contributed by atoms with Gasteiger partial charge in [-0.25, -0.2) is 0 Å². The second kappa shape index (κ2) is 6.74. The minimum atomic E-state index is 0.122. The summed E-state index contributed by atoms with van der Waals surface area (Å²) in [6.07, 6.45) is 7.66. The van der Waals surface area contributed by atoms with Crippen LogP contribution in [0.4, 0.5) is 0 Å². The molecule has 0 aliphatic heterocycles. The fraction of sp³-hybridized carbons (Fsp3) is 0.400. The maximum absolute atomic E-state index is 4.17. The smallest absolute Gasteiger partial charge is 0.0138 e. The summed E-state index contributed by atoms with van der Waals surface area (Å²) < 4.78 is 0. The van der Waals surface area contributed by atoms with E-state index in [0.29, 0.717) is 0 Å². The molecular formula is C20H28. The lowest BCUT2D eigenvalue weighted by Crippen LogP contribution is -2.05. The van der Waals surface area contributed by atoms with Crippen LogP contribution in [0.2, 0.25) is 0 Å². The predicted octanol–water partition coefficient (Wildman–Crippen LogP) is 6.26. The SMILES string of the molecule is C=C(/C=C\C(=C/CC)c1ccc(C)c(C)c1)C(C)(C)C. The van der Waals surface area contributed by atoms with Crippen LogP contribution in [0.15, 0.2) is 48.6 Å². The fourth-order valence-electron chi connectivity index (χ4n) is 1.86. The van der Waals surface area contributed by atoms with Gasteiger partial charge >= 0.3 is 0 Å². The standard InChI is InChI=1S/C20H28/c1-8-9-18(13-11-17(4)20(5,6)7)19-12-10-15(2)16(3)14-19/h9-14H,4,8H2,1-3,5-7H3/b13-11-,18-9+. The summed E-state index contributed by atoms with van der Waals surface area (Å²) in [6, 6.07) is 6.66. The lowest BCUT2D eigenvalue weighted by molar-refractivity contribution is 0.519. The summed E-state index contributed by atoms with van der Waals surface area (Å²) in [6.45, 7) is 17.2. The summed E-state index contributed by atoms with van der Waals surface area (Å²) in [4.78, 5) is 0. The summed E-state index contributed by atoms with van der Waals surface area (Å²) in [5.74, 6) is 0. The van der Waals surface area contributed by atoms with Gasteiger partial charge in [-0.15, -0.1) is 0 Å². The Morgan fingerprint density at radius 3 is 2.25 bits per heavy atom. The van der Waals surface area contributed by atoms with Gasteiger partial charge in [-0.05, 0) is 53.5 Å². The van der Waals surface area contributed by atoms with E-state index in [4.69, 9.17) is 0 Å². The Kier molecular flexibility index (Phi) is 5.56. The largest absolute Gasteiger partial charge is 0.0953 e. The molecule has 0 nitrogen and oxygen atoms in total. The summed E-state index contributed by atoms with van der Waals surface area (Å²) in [5, 5.41) is 0. The summed E-state index contributed by atoms with van der Waals surface area (Å²) in [5.41, 5.74) is 6.52. The maximum atomic E-state index is 4.17. The molecular weight excluding hydrogens is 240 g/mol. The Morgan fingerprint density at radius 1 is 1.10 bits per heavy atom. The average molecular weight is 268 g/mol. The number of allylic oxidation sites excluding steroid dienone is 5. The van der Waals surface area contributed by atoms with Gasteiger partial charge in [-0.2, -0.15) is 0 Å². The van der Waals surface area contributed by atoms with E-state index in [0.717, 1.165) is 12.0 Å². The number of aryl methyl sites for hydroxylation is 2. The molecule has 0 saturated carbocycles. The molecule has 1 rings (SSSR count). The van der Waals surface area contributed by atoms with Crippen LogP contribution < -0.4 is 0 Å². The van der Waals surface area contributed by atoms with Crippen LogP contribution in [0.3, 0.4) is 0 Å². The second-order valence-corrected chi connectivity index (χ2v) is 6.48. The van der Waals surface area contributed by atoms with E-state index in [2.05, 4.69) is 84.5 Å². The Labute approximate surface area is 124 Å². The molecule has 0 spiro atoms. The van der Waals surface area contributed by atoms with Crippen LogP contribution >= 0.6 is 0 Å². The Hall–Kier alpha value is -1.56. The molecule has 20 heavy (non-hydrogen) atoms. The van der Waals surface area contributed by atoms with Gasteiger partial charge in [0.25, 0.3) is 0 Å². The number of hydrogen-bond acceptors (Lipinski definition) is 0. The zero-order valence-corrected chi connectivity index (χ0v) is 13.9. The highest BCUT2D eigenvalue weighted by Gasteiger charge is 2.12. The molecule has 0 heterocycles. The Balaban J connectivity index is 3.07. The highest BCUT2D eigenvalue weighted by atomic mass is 14.2. The van der Waals surface area contributed by atoms with Crippen molar-refractivity contribution in [2.45, 2.75) is 48.0 Å². The minimum Gasteiger partial charge on any atom is -0.0953 e. The highest BCUT2D eigenvalue weighted by Crippen LogP contribution is 2.26. The van der Waals surface area contributed by atoms with E-state index in [1.165, 1.54) is 22.3 Å². The van der Waals surface area contributed by atoms with Crippen LogP contribution in [-0.2, 0) is 0 Å².